The molecule has 0 atom stereocenters. The SMILES string of the molecule is CC(C)C(=O)OCCNC(=O)OCF. The van der Waals surface area contributed by atoms with Crippen LogP contribution >= 0.6 is 0 Å². The molecule has 5 nitrogen and oxygen atoms in total. The van der Waals surface area contributed by atoms with Crippen LogP contribution in [-0.2, 0) is 14.3 Å². The van der Waals surface area contributed by atoms with Crippen LogP contribution < -0.4 is 5.32 Å². The highest BCUT2D eigenvalue weighted by molar-refractivity contribution is 5.71. The number of esters is 1. The second-order valence-corrected chi connectivity index (χ2v) is 2.79. The maximum atomic E-state index is 11.4. The number of alkyl carbamates (subject to hydrolysis) is 1. The molecule has 0 aromatic heterocycles. The molecule has 1 N–H and O–H groups in total. The van der Waals surface area contributed by atoms with Crippen LogP contribution in [0.3, 0.4) is 0 Å². The molecule has 14 heavy (non-hydrogen) atoms. The van der Waals surface area contributed by atoms with E-state index in [2.05, 4.69) is 10.1 Å². The number of alkyl halides is 1. The number of halogens is 1. The van der Waals surface area contributed by atoms with Gasteiger partial charge in [-0.05, 0) is 0 Å². The van der Waals surface area contributed by atoms with Gasteiger partial charge in [0.15, 0.2) is 0 Å². The Morgan fingerprint density at radius 2 is 2.00 bits per heavy atom. The molecule has 0 heterocycles. The van der Waals surface area contributed by atoms with Gasteiger partial charge in [0.05, 0.1) is 12.5 Å². The van der Waals surface area contributed by atoms with Gasteiger partial charge in [-0.3, -0.25) is 4.79 Å². The summed E-state index contributed by atoms with van der Waals surface area (Å²) in [7, 11) is 0. The third-order valence-corrected chi connectivity index (χ3v) is 1.27. The smallest absolute Gasteiger partial charge is 0.409 e. The minimum Gasteiger partial charge on any atom is -0.464 e. The lowest BCUT2D eigenvalue weighted by atomic mass is 10.2. The summed E-state index contributed by atoms with van der Waals surface area (Å²) in [5.74, 6) is -0.543. The number of carbonyl (C=O) groups excluding carboxylic acids is 2. The lowest BCUT2D eigenvalue weighted by Crippen LogP contribution is -2.29. The van der Waals surface area contributed by atoms with E-state index >= 15 is 0 Å². The molecule has 0 saturated carbocycles. The molecule has 0 aromatic carbocycles. The van der Waals surface area contributed by atoms with Crippen LogP contribution in [0.2, 0.25) is 0 Å². The van der Waals surface area contributed by atoms with E-state index in [1.54, 1.807) is 13.8 Å². The summed E-state index contributed by atoms with van der Waals surface area (Å²) in [4.78, 5) is 21.4. The zero-order chi connectivity index (χ0) is 11.0. The summed E-state index contributed by atoms with van der Waals surface area (Å²) in [6.07, 6.45) is -0.868. The summed E-state index contributed by atoms with van der Waals surface area (Å²) >= 11 is 0. The summed E-state index contributed by atoms with van der Waals surface area (Å²) in [5.41, 5.74) is 0. The van der Waals surface area contributed by atoms with Crippen molar-refractivity contribution in [2.24, 2.45) is 5.92 Å². The molecule has 0 radical (unpaired) electrons. The minimum absolute atomic E-state index is 0.0540. The van der Waals surface area contributed by atoms with Gasteiger partial charge >= 0.3 is 12.1 Å². The average molecular weight is 207 g/mol. The van der Waals surface area contributed by atoms with Gasteiger partial charge in [0.2, 0.25) is 6.86 Å². The van der Waals surface area contributed by atoms with Crippen LogP contribution in [0.1, 0.15) is 13.8 Å². The Balaban J connectivity index is 3.38. The molecule has 0 aliphatic heterocycles. The van der Waals surface area contributed by atoms with Crippen molar-refractivity contribution < 1.29 is 23.5 Å². The first-order valence-electron chi connectivity index (χ1n) is 4.21. The van der Waals surface area contributed by atoms with Crippen LogP contribution in [0.15, 0.2) is 0 Å². The Kier molecular flexibility index (Phi) is 6.43. The molecule has 0 spiro atoms. The van der Waals surface area contributed by atoms with Crippen molar-refractivity contribution in [1.82, 2.24) is 5.32 Å². The van der Waals surface area contributed by atoms with Gasteiger partial charge in [-0.1, -0.05) is 13.8 Å². The molecule has 0 rings (SSSR count). The Hall–Kier alpha value is -1.33. The number of carbonyl (C=O) groups is 2. The van der Waals surface area contributed by atoms with Gasteiger partial charge < -0.3 is 14.8 Å². The quantitative estimate of drug-likeness (QED) is 0.536. The van der Waals surface area contributed by atoms with E-state index in [1.165, 1.54) is 0 Å². The highest BCUT2D eigenvalue weighted by atomic mass is 19.1. The Morgan fingerprint density at radius 1 is 1.36 bits per heavy atom. The number of hydrogen-bond acceptors (Lipinski definition) is 4. The third-order valence-electron chi connectivity index (χ3n) is 1.27. The summed E-state index contributed by atoms with van der Waals surface area (Å²) in [6, 6.07) is 0. The highest BCUT2D eigenvalue weighted by Crippen LogP contribution is 1.94. The maximum Gasteiger partial charge on any atom is 0.409 e. The summed E-state index contributed by atoms with van der Waals surface area (Å²) in [5, 5.41) is 2.20. The fraction of sp³-hybridized carbons (Fsp3) is 0.750. The molecule has 1 amide bonds. The number of amides is 1. The van der Waals surface area contributed by atoms with Gasteiger partial charge in [0.1, 0.15) is 6.61 Å². The third kappa shape index (κ3) is 6.22. The lowest BCUT2D eigenvalue weighted by molar-refractivity contribution is -0.147. The Morgan fingerprint density at radius 3 is 2.50 bits per heavy atom. The molecule has 0 saturated heterocycles. The van der Waals surface area contributed by atoms with Crippen LogP contribution in [-0.4, -0.2) is 32.1 Å². The molecule has 0 aromatic rings. The van der Waals surface area contributed by atoms with Crippen molar-refractivity contribution >= 4 is 12.1 Å². The number of hydrogen-bond donors (Lipinski definition) is 1. The van der Waals surface area contributed by atoms with Gasteiger partial charge in [-0.15, -0.1) is 0 Å². The number of nitrogens with one attached hydrogen (secondary N) is 1. The van der Waals surface area contributed by atoms with Gasteiger partial charge in [-0.2, -0.15) is 0 Å². The zero-order valence-corrected chi connectivity index (χ0v) is 8.21. The van der Waals surface area contributed by atoms with Gasteiger partial charge in [0, 0.05) is 0 Å². The lowest BCUT2D eigenvalue weighted by Gasteiger charge is -2.07. The predicted octanol–water partition coefficient (Wildman–Crippen LogP) is 0.839. The van der Waals surface area contributed by atoms with Crippen molar-refractivity contribution in [3.05, 3.63) is 0 Å². The zero-order valence-electron chi connectivity index (χ0n) is 8.21. The first-order chi connectivity index (χ1) is 6.57. The van der Waals surface area contributed by atoms with Crippen molar-refractivity contribution in [2.45, 2.75) is 13.8 Å². The summed E-state index contributed by atoms with van der Waals surface area (Å²) < 4.78 is 20.1. The minimum atomic E-state index is -1.17. The monoisotopic (exact) mass is 207 g/mol. The van der Waals surface area contributed by atoms with Gasteiger partial charge in [-0.25, -0.2) is 9.18 Å². The summed E-state index contributed by atoms with van der Waals surface area (Å²) in [6.45, 7) is 2.40. The Bertz CT molecular complexity index is 196. The van der Waals surface area contributed by atoms with Crippen molar-refractivity contribution in [3.8, 4) is 0 Å². The van der Waals surface area contributed by atoms with Crippen molar-refractivity contribution in [1.29, 1.82) is 0 Å². The van der Waals surface area contributed by atoms with Crippen molar-refractivity contribution in [2.75, 3.05) is 20.0 Å². The topological polar surface area (TPSA) is 64.6 Å². The second kappa shape index (κ2) is 7.11. The fourth-order valence-electron chi connectivity index (χ4n) is 0.572. The highest BCUT2D eigenvalue weighted by Gasteiger charge is 2.07. The standard InChI is InChI=1S/C8H14FNO4/c1-6(2)7(11)13-4-3-10-8(12)14-5-9/h6H,3-5H2,1-2H3,(H,10,12). The predicted molar refractivity (Wildman–Crippen MR) is 46.3 cm³/mol. The Labute approximate surface area is 81.6 Å². The number of ether oxygens (including phenoxy) is 2. The van der Waals surface area contributed by atoms with E-state index in [0.29, 0.717) is 0 Å². The van der Waals surface area contributed by atoms with Crippen LogP contribution in [0, 0.1) is 5.92 Å². The van der Waals surface area contributed by atoms with E-state index in [4.69, 9.17) is 4.74 Å². The molecule has 0 bridgehead atoms. The van der Waals surface area contributed by atoms with E-state index in [-0.39, 0.29) is 25.0 Å². The largest absolute Gasteiger partial charge is 0.464 e. The molecule has 0 aliphatic rings. The van der Waals surface area contributed by atoms with Crippen molar-refractivity contribution in [3.63, 3.8) is 0 Å². The fourth-order valence-corrected chi connectivity index (χ4v) is 0.572. The molecular weight excluding hydrogens is 193 g/mol. The average Bonchev–Trinajstić information content (AvgIpc) is 2.12. The van der Waals surface area contributed by atoms with E-state index in [0.717, 1.165) is 0 Å². The molecule has 0 aliphatic carbocycles. The van der Waals surface area contributed by atoms with Gasteiger partial charge in [0.25, 0.3) is 0 Å². The van der Waals surface area contributed by atoms with E-state index in [9.17, 15) is 14.0 Å². The number of rotatable bonds is 5. The molecule has 0 fully saturated rings. The first kappa shape index (κ1) is 12.7. The molecular formula is C8H14FNO4. The van der Waals surface area contributed by atoms with E-state index in [1.807, 2.05) is 0 Å². The van der Waals surface area contributed by atoms with E-state index < -0.39 is 13.0 Å². The molecule has 82 valence electrons. The first-order valence-corrected chi connectivity index (χ1v) is 4.21. The maximum absolute atomic E-state index is 11.4. The van der Waals surface area contributed by atoms with Crippen LogP contribution in [0.4, 0.5) is 9.18 Å². The van der Waals surface area contributed by atoms with Crippen LogP contribution in [0.5, 0.6) is 0 Å². The molecule has 6 heteroatoms. The molecule has 0 unspecified atom stereocenters. The normalized spacial score (nSPS) is 9.71. The van der Waals surface area contributed by atoms with Crippen LogP contribution in [0.25, 0.3) is 0 Å². The second-order valence-electron chi connectivity index (χ2n) is 2.79.